The lowest BCUT2D eigenvalue weighted by Crippen LogP contribution is -2.40. The zero-order valence-corrected chi connectivity index (χ0v) is 13.5. The summed E-state index contributed by atoms with van der Waals surface area (Å²) in [6, 6.07) is 14.0. The van der Waals surface area contributed by atoms with Gasteiger partial charge in [-0.1, -0.05) is 42.5 Å². The van der Waals surface area contributed by atoms with Gasteiger partial charge in [-0.25, -0.2) is 0 Å². The number of rotatable bonds is 8. The number of carbonyl (C=O) groups is 1. The SMILES string of the molecule is C=CCCOC(C)C(=O)NC(CN)c1ccc2ccccc2c1. The summed E-state index contributed by atoms with van der Waals surface area (Å²) in [5.74, 6) is -0.155. The molecule has 0 aliphatic carbocycles. The van der Waals surface area contributed by atoms with Gasteiger partial charge < -0.3 is 15.8 Å². The predicted octanol–water partition coefficient (Wildman–Crippen LogP) is 2.94. The van der Waals surface area contributed by atoms with E-state index in [0.29, 0.717) is 13.2 Å². The fraction of sp³-hybridized carbons (Fsp3) is 0.316. The van der Waals surface area contributed by atoms with Crippen LogP contribution in [0, 0.1) is 0 Å². The maximum absolute atomic E-state index is 12.2. The highest BCUT2D eigenvalue weighted by atomic mass is 16.5. The second-order valence-electron chi connectivity index (χ2n) is 5.49. The molecule has 0 saturated carbocycles. The van der Waals surface area contributed by atoms with Crippen molar-refractivity contribution in [3.63, 3.8) is 0 Å². The zero-order valence-electron chi connectivity index (χ0n) is 13.5. The van der Waals surface area contributed by atoms with Gasteiger partial charge in [0.25, 0.3) is 0 Å². The molecular weight excluding hydrogens is 288 g/mol. The monoisotopic (exact) mass is 312 g/mol. The molecule has 4 nitrogen and oxygen atoms in total. The number of fused-ring (bicyclic) bond motifs is 1. The van der Waals surface area contributed by atoms with Gasteiger partial charge in [-0.2, -0.15) is 0 Å². The van der Waals surface area contributed by atoms with Gasteiger partial charge in [0.05, 0.1) is 12.6 Å². The van der Waals surface area contributed by atoms with Crippen LogP contribution in [0.3, 0.4) is 0 Å². The average molecular weight is 312 g/mol. The summed E-state index contributed by atoms with van der Waals surface area (Å²) in [5, 5.41) is 5.26. The second-order valence-corrected chi connectivity index (χ2v) is 5.49. The van der Waals surface area contributed by atoms with Crippen molar-refractivity contribution in [1.82, 2.24) is 5.32 Å². The van der Waals surface area contributed by atoms with Gasteiger partial charge in [-0.15, -0.1) is 6.58 Å². The third-order valence-corrected chi connectivity index (χ3v) is 3.79. The van der Waals surface area contributed by atoms with E-state index < -0.39 is 6.10 Å². The van der Waals surface area contributed by atoms with E-state index in [1.54, 1.807) is 13.0 Å². The molecule has 122 valence electrons. The van der Waals surface area contributed by atoms with Crippen LogP contribution in [0.15, 0.2) is 55.1 Å². The number of nitrogens with one attached hydrogen (secondary N) is 1. The van der Waals surface area contributed by atoms with Gasteiger partial charge in [-0.3, -0.25) is 4.79 Å². The lowest BCUT2D eigenvalue weighted by molar-refractivity contribution is -0.132. The van der Waals surface area contributed by atoms with Crippen molar-refractivity contribution in [2.75, 3.05) is 13.2 Å². The van der Waals surface area contributed by atoms with E-state index in [1.807, 2.05) is 24.3 Å². The molecule has 2 atom stereocenters. The molecular formula is C19H24N2O2. The molecule has 0 bridgehead atoms. The number of benzene rings is 2. The molecule has 2 rings (SSSR count). The highest BCUT2D eigenvalue weighted by Gasteiger charge is 2.18. The molecule has 2 aromatic carbocycles. The lowest BCUT2D eigenvalue weighted by atomic mass is 10.0. The first kappa shape index (κ1) is 17.2. The Kier molecular flexibility index (Phi) is 6.32. The maximum atomic E-state index is 12.2. The highest BCUT2D eigenvalue weighted by Crippen LogP contribution is 2.20. The van der Waals surface area contributed by atoms with E-state index in [4.69, 9.17) is 10.5 Å². The molecule has 0 heterocycles. The van der Waals surface area contributed by atoms with E-state index in [1.165, 1.54) is 5.39 Å². The van der Waals surface area contributed by atoms with Crippen molar-refractivity contribution in [3.8, 4) is 0 Å². The molecule has 3 N–H and O–H groups in total. The summed E-state index contributed by atoms with van der Waals surface area (Å²) in [7, 11) is 0. The minimum atomic E-state index is -0.510. The van der Waals surface area contributed by atoms with Crippen LogP contribution in [-0.2, 0) is 9.53 Å². The molecule has 2 aromatic rings. The average Bonchev–Trinajstić information content (AvgIpc) is 2.59. The molecule has 0 saturated heterocycles. The van der Waals surface area contributed by atoms with Gasteiger partial charge in [0.1, 0.15) is 6.10 Å². The minimum absolute atomic E-state index is 0.155. The van der Waals surface area contributed by atoms with Crippen molar-refractivity contribution >= 4 is 16.7 Å². The summed E-state index contributed by atoms with van der Waals surface area (Å²) in [4.78, 5) is 12.2. The van der Waals surface area contributed by atoms with Crippen LogP contribution in [0.5, 0.6) is 0 Å². The summed E-state index contributed by atoms with van der Waals surface area (Å²) in [6.07, 6.45) is 1.98. The first-order valence-electron chi connectivity index (χ1n) is 7.87. The Bertz CT molecular complexity index is 669. The van der Waals surface area contributed by atoms with Crippen molar-refractivity contribution < 1.29 is 9.53 Å². The third kappa shape index (κ3) is 4.65. The van der Waals surface area contributed by atoms with Crippen LogP contribution in [0.1, 0.15) is 24.9 Å². The van der Waals surface area contributed by atoms with Gasteiger partial charge in [0, 0.05) is 6.54 Å². The Hall–Kier alpha value is -2.17. The molecule has 0 aromatic heterocycles. The van der Waals surface area contributed by atoms with Crippen LogP contribution in [-0.4, -0.2) is 25.2 Å². The van der Waals surface area contributed by atoms with Crippen LogP contribution in [0.2, 0.25) is 0 Å². The standard InChI is InChI=1S/C19H24N2O2/c1-3-4-11-23-14(2)19(22)21-18(13-20)17-10-9-15-7-5-6-8-16(15)12-17/h3,5-10,12,14,18H,1,4,11,13,20H2,2H3,(H,21,22). The second kappa shape index (κ2) is 8.46. The Balaban J connectivity index is 2.05. The highest BCUT2D eigenvalue weighted by molar-refractivity contribution is 5.84. The number of nitrogens with two attached hydrogens (primary N) is 1. The Morgan fingerprint density at radius 1 is 1.30 bits per heavy atom. The fourth-order valence-corrected chi connectivity index (χ4v) is 2.40. The maximum Gasteiger partial charge on any atom is 0.249 e. The van der Waals surface area contributed by atoms with Crippen molar-refractivity contribution in [2.45, 2.75) is 25.5 Å². The first-order chi connectivity index (χ1) is 11.2. The fourth-order valence-electron chi connectivity index (χ4n) is 2.40. The van der Waals surface area contributed by atoms with Crippen LogP contribution in [0.25, 0.3) is 10.8 Å². The van der Waals surface area contributed by atoms with Crippen LogP contribution < -0.4 is 11.1 Å². The lowest BCUT2D eigenvalue weighted by Gasteiger charge is -2.20. The number of amides is 1. The minimum Gasteiger partial charge on any atom is -0.368 e. The molecule has 0 aliphatic heterocycles. The first-order valence-corrected chi connectivity index (χ1v) is 7.87. The molecule has 0 spiro atoms. The summed E-state index contributed by atoms with van der Waals surface area (Å²) in [5.41, 5.74) is 6.85. The van der Waals surface area contributed by atoms with E-state index in [0.717, 1.165) is 17.4 Å². The molecule has 23 heavy (non-hydrogen) atoms. The molecule has 0 fully saturated rings. The quantitative estimate of drug-likeness (QED) is 0.582. The number of hydrogen-bond donors (Lipinski definition) is 2. The summed E-state index contributed by atoms with van der Waals surface area (Å²) in [6.45, 7) is 6.20. The van der Waals surface area contributed by atoms with Gasteiger partial charge in [-0.05, 0) is 35.7 Å². The molecule has 4 heteroatoms. The molecule has 2 unspecified atom stereocenters. The third-order valence-electron chi connectivity index (χ3n) is 3.79. The topological polar surface area (TPSA) is 64.3 Å². The summed E-state index contributed by atoms with van der Waals surface area (Å²) < 4.78 is 5.47. The zero-order chi connectivity index (χ0) is 16.7. The Morgan fingerprint density at radius 2 is 2.04 bits per heavy atom. The van der Waals surface area contributed by atoms with E-state index in [2.05, 4.69) is 30.1 Å². The summed E-state index contributed by atoms with van der Waals surface area (Å²) >= 11 is 0. The largest absolute Gasteiger partial charge is 0.368 e. The van der Waals surface area contributed by atoms with Gasteiger partial charge >= 0.3 is 0 Å². The van der Waals surface area contributed by atoms with Crippen LogP contribution in [0.4, 0.5) is 0 Å². The van der Waals surface area contributed by atoms with Crippen molar-refractivity contribution in [1.29, 1.82) is 0 Å². The predicted molar refractivity (Wildman–Crippen MR) is 94.1 cm³/mol. The molecule has 1 amide bonds. The van der Waals surface area contributed by atoms with E-state index in [-0.39, 0.29) is 11.9 Å². The van der Waals surface area contributed by atoms with E-state index >= 15 is 0 Å². The molecule has 0 radical (unpaired) electrons. The number of ether oxygens (including phenoxy) is 1. The van der Waals surface area contributed by atoms with Gasteiger partial charge in [0.2, 0.25) is 5.91 Å². The Morgan fingerprint density at radius 3 is 2.74 bits per heavy atom. The van der Waals surface area contributed by atoms with Crippen LogP contribution >= 0.6 is 0 Å². The van der Waals surface area contributed by atoms with Crippen molar-refractivity contribution in [2.24, 2.45) is 5.73 Å². The van der Waals surface area contributed by atoms with Crippen molar-refractivity contribution in [3.05, 3.63) is 60.7 Å². The van der Waals surface area contributed by atoms with Gasteiger partial charge in [0.15, 0.2) is 0 Å². The number of hydrogen-bond acceptors (Lipinski definition) is 3. The smallest absolute Gasteiger partial charge is 0.249 e. The number of carbonyl (C=O) groups excluding carboxylic acids is 1. The normalized spacial score (nSPS) is 13.5. The van der Waals surface area contributed by atoms with E-state index in [9.17, 15) is 4.79 Å². The molecule has 0 aliphatic rings. The Labute approximate surface area is 137 Å².